The second-order valence-electron chi connectivity index (χ2n) is 10.7. The summed E-state index contributed by atoms with van der Waals surface area (Å²) in [5, 5.41) is 8.30. The van der Waals surface area contributed by atoms with Crippen LogP contribution in [-0.4, -0.2) is 58.8 Å². The molecule has 0 aromatic heterocycles. The zero-order chi connectivity index (χ0) is 30.9. The number of ketones is 1. The van der Waals surface area contributed by atoms with Crippen molar-refractivity contribution in [2.24, 2.45) is 5.92 Å². The van der Waals surface area contributed by atoms with Gasteiger partial charge < -0.3 is 25.4 Å². The maximum absolute atomic E-state index is 13.5. The monoisotopic (exact) mass is 589 g/mol. The number of carbonyl (C=O) groups is 4. The van der Waals surface area contributed by atoms with E-state index in [1.807, 2.05) is 0 Å². The Labute approximate surface area is 244 Å². The van der Waals surface area contributed by atoms with Crippen LogP contribution in [0.5, 0.6) is 0 Å². The third kappa shape index (κ3) is 13.9. The van der Waals surface area contributed by atoms with Crippen LogP contribution in [-0.2, 0) is 28.3 Å². The van der Waals surface area contributed by atoms with E-state index in [1.165, 1.54) is 0 Å². The van der Waals surface area contributed by atoms with Gasteiger partial charge in [0.15, 0.2) is 0 Å². The summed E-state index contributed by atoms with van der Waals surface area (Å²) in [5.41, 5.74) is -1.56. The highest BCUT2D eigenvalue weighted by Crippen LogP contribution is 2.50. The predicted octanol–water partition coefficient (Wildman–Crippen LogP) is 2.83. The molecule has 0 radical (unpaired) electrons. The zero-order valence-corrected chi connectivity index (χ0v) is 25.1. The van der Waals surface area contributed by atoms with Crippen molar-refractivity contribution in [2.75, 3.05) is 13.1 Å². The Morgan fingerprint density at radius 3 is 1.85 bits per heavy atom. The highest BCUT2D eigenvalue weighted by molar-refractivity contribution is 7.53. The van der Waals surface area contributed by atoms with E-state index < -0.39 is 30.8 Å². The minimum atomic E-state index is -3.74. The van der Waals surface area contributed by atoms with Crippen molar-refractivity contribution in [3.63, 3.8) is 0 Å². The zero-order valence-electron chi connectivity index (χ0n) is 24.2. The summed E-state index contributed by atoms with van der Waals surface area (Å²) in [7, 11) is -3.74. The molecule has 0 aromatic carbocycles. The molecular weight excluding hydrogens is 545 g/mol. The summed E-state index contributed by atoms with van der Waals surface area (Å²) in [6, 6.07) is 0. The van der Waals surface area contributed by atoms with Gasteiger partial charge in [-0.1, -0.05) is 25.7 Å². The Morgan fingerprint density at radius 1 is 0.878 bits per heavy atom. The first-order valence-electron chi connectivity index (χ1n) is 14.1. The van der Waals surface area contributed by atoms with Gasteiger partial charge >= 0.3 is 7.60 Å². The Balaban J connectivity index is 3.09. The standard InChI is InChI=1S/C30H44N3O7P/c1-6-9-10-25(34)15-18-30(19-16-27(35)31-21-7-2,20-17-28(36)32-22-8-3)33-29(37)24-11-13-26(14-12-24)40-41(38,39)23(4)5/h1-3,23-24,26H,9-22H2,4-5H3,(H,31,35)(H,32,36)(H,33,37)(H,38,39). The summed E-state index contributed by atoms with van der Waals surface area (Å²) < 4.78 is 17.8. The van der Waals surface area contributed by atoms with Gasteiger partial charge in [0, 0.05) is 43.6 Å². The first kappa shape index (κ1) is 35.9. The largest absolute Gasteiger partial charge is 0.350 e. The maximum atomic E-state index is 13.5. The normalized spacial score (nSPS) is 18.2. The average molecular weight is 590 g/mol. The number of Topliss-reactive ketones (excluding diaryl/α,β-unsaturated/α-hetero) is 1. The van der Waals surface area contributed by atoms with E-state index in [9.17, 15) is 28.6 Å². The Morgan fingerprint density at radius 2 is 1.39 bits per heavy atom. The maximum Gasteiger partial charge on any atom is 0.330 e. The van der Waals surface area contributed by atoms with Crippen LogP contribution in [0.2, 0.25) is 0 Å². The molecule has 3 amide bonds. The Bertz CT molecular complexity index is 992. The molecule has 0 aliphatic heterocycles. The number of amides is 3. The molecule has 0 bridgehead atoms. The van der Waals surface area contributed by atoms with Gasteiger partial charge in [-0.2, -0.15) is 0 Å². The van der Waals surface area contributed by atoms with Crippen LogP contribution in [0.1, 0.15) is 90.9 Å². The minimum absolute atomic E-state index is 0.0219. The molecule has 0 heterocycles. The molecule has 1 aliphatic rings. The van der Waals surface area contributed by atoms with Crippen LogP contribution in [0.25, 0.3) is 0 Å². The predicted molar refractivity (Wildman–Crippen MR) is 157 cm³/mol. The lowest BCUT2D eigenvalue weighted by molar-refractivity contribution is -0.131. The molecule has 1 fully saturated rings. The van der Waals surface area contributed by atoms with Gasteiger partial charge in [0.2, 0.25) is 17.7 Å². The van der Waals surface area contributed by atoms with E-state index in [0.29, 0.717) is 32.1 Å². The topological polar surface area (TPSA) is 151 Å². The number of hydrogen-bond acceptors (Lipinski definition) is 6. The first-order chi connectivity index (χ1) is 19.4. The molecule has 4 N–H and O–H groups in total. The molecule has 1 saturated carbocycles. The van der Waals surface area contributed by atoms with E-state index in [-0.39, 0.29) is 81.5 Å². The summed E-state index contributed by atoms with van der Waals surface area (Å²) in [5.74, 6) is 5.76. The molecular formula is C30H44N3O7P. The van der Waals surface area contributed by atoms with Gasteiger partial charge in [-0.25, -0.2) is 0 Å². The van der Waals surface area contributed by atoms with Gasteiger partial charge in [-0.05, 0) is 44.9 Å². The molecule has 0 saturated heterocycles. The number of rotatable bonds is 18. The van der Waals surface area contributed by atoms with E-state index in [1.54, 1.807) is 13.8 Å². The smallest absolute Gasteiger partial charge is 0.330 e. The molecule has 1 atom stereocenters. The molecule has 0 aromatic rings. The first-order valence-corrected chi connectivity index (χ1v) is 15.7. The number of carbonyl (C=O) groups excluding carboxylic acids is 4. The Kier molecular flexibility index (Phi) is 16.1. The molecule has 1 rings (SSSR count). The highest BCUT2D eigenvalue weighted by atomic mass is 31.2. The summed E-state index contributed by atoms with van der Waals surface area (Å²) in [6.07, 6.45) is 18.3. The summed E-state index contributed by atoms with van der Waals surface area (Å²) in [6.45, 7) is 3.35. The fourth-order valence-electron chi connectivity index (χ4n) is 4.59. The summed E-state index contributed by atoms with van der Waals surface area (Å²) in [4.78, 5) is 61.0. The molecule has 0 spiro atoms. The lowest BCUT2D eigenvalue weighted by Crippen LogP contribution is -2.52. The van der Waals surface area contributed by atoms with Crippen molar-refractivity contribution in [1.82, 2.24) is 16.0 Å². The van der Waals surface area contributed by atoms with Crippen molar-refractivity contribution < 1.29 is 33.2 Å². The van der Waals surface area contributed by atoms with Crippen LogP contribution in [0, 0.1) is 42.9 Å². The van der Waals surface area contributed by atoms with Crippen LogP contribution in [0.4, 0.5) is 0 Å². The lowest BCUT2D eigenvalue weighted by Gasteiger charge is -2.38. The molecule has 1 aliphatic carbocycles. The second-order valence-corrected chi connectivity index (χ2v) is 13.1. The van der Waals surface area contributed by atoms with Crippen molar-refractivity contribution in [1.29, 1.82) is 0 Å². The van der Waals surface area contributed by atoms with Gasteiger partial charge in [-0.3, -0.25) is 23.7 Å². The van der Waals surface area contributed by atoms with Crippen molar-refractivity contribution >= 4 is 31.1 Å². The molecule has 11 heteroatoms. The number of terminal acetylenes is 3. The van der Waals surface area contributed by atoms with Crippen molar-refractivity contribution in [3.05, 3.63) is 0 Å². The number of nitrogens with one attached hydrogen (secondary N) is 3. The minimum Gasteiger partial charge on any atom is -0.350 e. The van der Waals surface area contributed by atoms with Crippen LogP contribution in [0.3, 0.4) is 0 Å². The van der Waals surface area contributed by atoms with Gasteiger partial charge in [0.25, 0.3) is 0 Å². The number of hydrogen-bond donors (Lipinski definition) is 4. The quantitative estimate of drug-likeness (QED) is 0.142. The van der Waals surface area contributed by atoms with Crippen LogP contribution >= 0.6 is 7.60 Å². The fourth-order valence-corrected chi connectivity index (χ4v) is 5.47. The third-order valence-corrected chi connectivity index (χ3v) is 9.16. The average Bonchev–Trinajstić information content (AvgIpc) is 2.94. The van der Waals surface area contributed by atoms with E-state index in [0.717, 1.165) is 0 Å². The lowest BCUT2D eigenvalue weighted by atomic mass is 9.80. The van der Waals surface area contributed by atoms with Crippen LogP contribution < -0.4 is 16.0 Å². The fraction of sp³-hybridized carbons (Fsp3) is 0.667. The van der Waals surface area contributed by atoms with Crippen molar-refractivity contribution in [3.8, 4) is 37.0 Å². The second kappa shape index (κ2) is 18.4. The Hall–Kier alpha value is -3.09. The third-order valence-electron chi connectivity index (χ3n) is 7.25. The molecule has 226 valence electrons. The molecule has 41 heavy (non-hydrogen) atoms. The van der Waals surface area contributed by atoms with E-state index in [4.69, 9.17) is 23.8 Å². The summed E-state index contributed by atoms with van der Waals surface area (Å²) >= 11 is 0. The van der Waals surface area contributed by atoms with Gasteiger partial charge in [0.1, 0.15) is 5.78 Å². The van der Waals surface area contributed by atoms with Crippen molar-refractivity contribution in [2.45, 2.75) is 108 Å². The van der Waals surface area contributed by atoms with E-state index in [2.05, 4.69) is 33.7 Å². The molecule has 10 nitrogen and oxygen atoms in total. The van der Waals surface area contributed by atoms with Gasteiger partial charge in [-0.15, -0.1) is 25.2 Å². The SMILES string of the molecule is C#CCCC(=O)CCC(CCC(=O)NCC#C)(CCC(=O)NCC#C)NC(=O)C1CCC(OP(=O)(O)C(C)C)CC1. The molecule has 1 unspecified atom stereocenters. The van der Waals surface area contributed by atoms with E-state index >= 15 is 0 Å². The highest BCUT2D eigenvalue weighted by Gasteiger charge is 2.38. The van der Waals surface area contributed by atoms with Crippen LogP contribution in [0.15, 0.2) is 0 Å². The van der Waals surface area contributed by atoms with Gasteiger partial charge in [0.05, 0.1) is 24.9 Å².